The second-order valence-corrected chi connectivity index (χ2v) is 9.07. The van der Waals surface area contributed by atoms with Crippen LogP contribution >= 0.6 is 15.9 Å². The number of aromatic nitrogens is 1. The summed E-state index contributed by atoms with van der Waals surface area (Å²) in [6, 6.07) is 5.86. The number of rotatable bonds is 9. The molecular formula is C23H30BrN3O6. The van der Waals surface area contributed by atoms with Crippen molar-refractivity contribution in [2.45, 2.75) is 51.1 Å². The Hall–Kier alpha value is -2.59. The summed E-state index contributed by atoms with van der Waals surface area (Å²) in [5.74, 6) is -0.836. The van der Waals surface area contributed by atoms with Crippen molar-refractivity contribution in [1.29, 1.82) is 0 Å². The van der Waals surface area contributed by atoms with E-state index in [1.165, 1.54) is 11.7 Å². The van der Waals surface area contributed by atoms with E-state index in [1.54, 1.807) is 0 Å². The third-order valence-electron chi connectivity index (χ3n) is 5.84. The van der Waals surface area contributed by atoms with Crippen molar-refractivity contribution in [3.05, 3.63) is 34.4 Å². The molecular weight excluding hydrogens is 494 g/mol. The minimum Gasteiger partial charge on any atom is -0.481 e. The summed E-state index contributed by atoms with van der Waals surface area (Å²) in [5.41, 5.74) is 1.79. The zero-order valence-corrected chi connectivity index (χ0v) is 20.3. The number of hydrogen-bond donors (Lipinski definition) is 2. The third kappa shape index (κ3) is 6.94. The van der Waals surface area contributed by atoms with Gasteiger partial charge in [0.25, 0.3) is 0 Å². The van der Waals surface area contributed by atoms with E-state index >= 15 is 0 Å². The maximum atomic E-state index is 12.2. The monoisotopic (exact) mass is 523 g/mol. The number of ether oxygens (including phenoxy) is 2. The van der Waals surface area contributed by atoms with Gasteiger partial charge in [0.15, 0.2) is 0 Å². The van der Waals surface area contributed by atoms with E-state index in [-0.39, 0.29) is 19.1 Å². The van der Waals surface area contributed by atoms with Gasteiger partial charge in [-0.1, -0.05) is 22.4 Å². The van der Waals surface area contributed by atoms with Crippen LogP contribution in [0.2, 0.25) is 0 Å². The average molecular weight is 524 g/mol. The molecule has 1 aliphatic heterocycles. The van der Waals surface area contributed by atoms with E-state index in [2.05, 4.69) is 26.1 Å². The van der Waals surface area contributed by atoms with Crippen LogP contribution in [-0.2, 0) is 20.8 Å². The number of carboxylic acids is 1. The minimum absolute atomic E-state index is 0.0835. The number of amides is 1. The van der Waals surface area contributed by atoms with Gasteiger partial charge in [-0.15, -0.1) is 0 Å². The highest BCUT2D eigenvalue weighted by atomic mass is 79.9. The summed E-state index contributed by atoms with van der Waals surface area (Å²) in [5, 5.41) is 12.3. The fourth-order valence-corrected chi connectivity index (χ4v) is 4.50. The number of alkyl carbamates (subject to hydrolysis) is 1. The van der Waals surface area contributed by atoms with Crippen molar-refractivity contribution >= 4 is 45.0 Å². The van der Waals surface area contributed by atoms with Crippen molar-refractivity contribution in [3.63, 3.8) is 0 Å². The molecule has 2 N–H and O–H groups in total. The molecule has 0 spiro atoms. The predicted octanol–water partition coefficient (Wildman–Crippen LogP) is 4.35. The summed E-state index contributed by atoms with van der Waals surface area (Å²) in [4.78, 5) is 37.1. The van der Waals surface area contributed by atoms with Crippen molar-refractivity contribution < 1.29 is 29.0 Å². The number of halogens is 1. The van der Waals surface area contributed by atoms with Gasteiger partial charge >= 0.3 is 18.2 Å². The number of carbonyl (C=O) groups is 3. The van der Waals surface area contributed by atoms with Gasteiger partial charge in [-0.2, -0.15) is 0 Å². The Kier molecular flexibility index (Phi) is 9.13. The van der Waals surface area contributed by atoms with Gasteiger partial charge in [0.2, 0.25) is 0 Å². The standard InChI is InChI=1S/C23H30BrN3O6/c1-32-23(31)27-14-16(19-12-17(24)8-9-20(19)27)13-26-11-5-3-6-18(26)15-33-22(30)25-10-4-2-7-21(28)29/h8-9,12,14,18H,2-7,10-11,13,15H2,1H3,(H,25,30)(H,28,29). The number of hydrogen-bond acceptors (Lipinski definition) is 6. The first kappa shape index (κ1) is 25.0. The highest BCUT2D eigenvalue weighted by Gasteiger charge is 2.25. The van der Waals surface area contributed by atoms with Gasteiger partial charge in [-0.25, -0.2) is 9.59 Å². The van der Waals surface area contributed by atoms with Crippen LogP contribution in [0, 0.1) is 0 Å². The molecule has 3 rings (SSSR count). The first-order valence-corrected chi connectivity index (χ1v) is 11.9. The Labute approximate surface area is 201 Å². The number of methoxy groups -OCH3 is 1. The van der Waals surface area contributed by atoms with E-state index < -0.39 is 18.2 Å². The summed E-state index contributed by atoms with van der Waals surface area (Å²) in [6.45, 7) is 2.17. The molecule has 1 aliphatic rings. The molecule has 1 atom stereocenters. The molecule has 1 amide bonds. The number of carboxylic acid groups (broad SMARTS) is 1. The lowest BCUT2D eigenvalue weighted by Gasteiger charge is -2.35. The number of aliphatic carboxylic acids is 1. The van der Waals surface area contributed by atoms with E-state index in [9.17, 15) is 14.4 Å². The van der Waals surface area contributed by atoms with Crippen LogP contribution in [0.5, 0.6) is 0 Å². The normalized spacial score (nSPS) is 16.5. The van der Waals surface area contributed by atoms with Crippen molar-refractivity contribution in [2.24, 2.45) is 0 Å². The first-order chi connectivity index (χ1) is 15.9. The van der Waals surface area contributed by atoms with E-state index in [1.807, 2.05) is 24.4 Å². The molecule has 2 aromatic rings. The molecule has 0 radical (unpaired) electrons. The van der Waals surface area contributed by atoms with Crippen LogP contribution in [0.15, 0.2) is 28.9 Å². The lowest BCUT2D eigenvalue weighted by molar-refractivity contribution is -0.137. The van der Waals surface area contributed by atoms with Gasteiger partial charge in [-0.3, -0.25) is 14.3 Å². The van der Waals surface area contributed by atoms with Crippen LogP contribution < -0.4 is 5.32 Å². The molecule has 1 aromatic carbocycles. The van der Waals surface area contributed by atoms with E-state index in [0.717, 1.165) is 46.7 Å². The van der Waals surface area contributed by atoms with Crippen LogP contribution in [-0.4, -0.2) is 65.6 Å². The van der Waals surface area contributed by atoms with Crippen LogP contribution in [0.25, 0.3) is 10.9 Å². The fourth-order valence-electron chi connectivity index (χ4n) is 4.14. The maximum Gasteiger partial charge on any atom is 0.418 e. The number of carbonyl (C=O) groups excluding carboxylic acids is 2. The molecule has 9 nitrogen and oxygen atoms in total. The van der Waals surface area contributed by atoms with E-state index in [4.69, 9.17) is 14.6 Å². The molecule has 1 fully saturated rings. The Morgan fingerprint density at radius 1 is 1.24 bits per heavy atom. The van der Waals surface area contributed by atoms with Crippen molar-refractivity contribution in [1.82, 2.24) is 14.8 Å². The predicted molar refractivity (Wildman–Crippen MR) is 126 cm³/mol. The summed E-state index contributed by atoms with van der Waals surface area (Å²) in [7, 11) is 1.36. The van der Waals surface area contributed by atoms with Crippen LogP contribution in [0.1, 0.15) is 44.1 Å². The lowest BCUT2D eigenvalue weighted by atomic mass is 10.0. The number of nitrogens with one attached hydrogen (secondary N) is 1. The third-order valence-corrected chi connectivity index (χ3v) is 6.33. The molecule has 33 heavy (non-hydrogen) atoms. The molecule has 2 heterocycles. The smallest absolute Gasteiger partial charge is 0.418 e. The number of benzene rings is 1. The molecule has 180 valence electrons. The van der Waals surface area contributed by atoms with Crippen LogP contribution in [0.4, 0.5) is 9.59 Å². The SMILES string of the molecule is COC(=O)n1cc(CN2CCCCC2COC(=O)NCCCCC(=O)O)c2cc(Br)ccc21. The Morgan fingerprint density at radius 2 is 2.06 bits per heavy atom. The molecule has 0 bridgehead atoms. The summed E-state index contributed by atoms with van der Waals surface area (Å²) < 4.78 is 12.8. The van der Waals surface area contributed by atoms with Crippen LogP contribution in [0.3, 0.4) is 0 Å². The zero-order chi connectivity index (χ0) is 23.8. The number of likely N-dealkylation sites (tertiary alicyclic amines) is 1. The molecule has 0 saturated carbocycles. The quantitative estimate of drug-likeness (QED) is 0.470. The van der Waals surface area contributed by atoms with E-state index in [0.29, 0.717) is 25.9 Å². The topological polar surface area (TPSA) is 110 Å². The Bertz CT molecular complexity index is 992. The number of fused-ring (bicyclic) bond motifs is 1. The Morgan fingerprint density at radius 3 is 2.82 bits per heavy atom. The molecule has 1 saturated heterocycles. The molecule has 1 unspecified atom stereocenters. The second kappa shape index (κ2) is 12.0. The number of nitrogens with zero attached hydrogens (tertiary/aromatic N) is 2. The molecule has 1 aromatic heterocycles. The van der Waals surface area contributed by atoms with Gasteiger partial charge in [0, 0.05) is 41.6 Å². The number of piperidine rings is 1. The van der Waals surface area contributed by atoms with Gasteiger partial charge in [0.1, 0.15) is 6.61 Å². The van der Waals surface area contributed by atoms with Crippen molar-refractivity contribution in [2.75, 3.05) is 26.8 Å². The fraction of sp³-hybridized carbons (Fsp3) is 0.522. The first-order valence-electron chi connectivity index (χ1n) is 11.1. The second-order valence-electron chi connectivity index (χ2n) is 8.15. The van der Waals surface area contributed by atoms with Gasteiger partial charge < -0.3 is 19.9 Å². The Balaban J connectivity index is 1.61. The molecule has 0 aliphatic carbocycles. The zero-order valence-electron chi connectivity index (χ0n) is 18.7. The van der Waals surface area contributed by atoms with Crippen molar-refractivity contribution in [3.8, 4) is 0 Å². The minimum atomic E-state index is -0.836. The highest BCUT2D eigenvalue weighted by Crippen LogP contribution is 2.28. The van der Waals surface area contributed by atoms with Gasteiger partial charge in [0.05, 0.1) is 12.6 Å². The average Bonchev–Trinajstić information content (AvgIpc) is 3.15. The summed E-state index contributed by atoms with van der Waals surface area (Å²) in [6.07, 6.45) is 5.15. The largest absolute Gasteiger partial charge is 0.481 e. The van der Waals surface area contributed by atoms with Gasteiger partial charge in [-0.05, 0) is 56.0 Å². The lowest BCUT2D eigenvalue weighted by Crippen LogP contribution is -2.43. The number of unbranched alkanes of at least 4 members (excludes halogenated alkanes) is 1. The summed E-state index contributed by atoms with van der Waals surface area (Å²) >= 11 is 3.51. The molecule has 10 heteroatoms. The highest BCUT2D eigenvalue weighted by molar-refractivity contribution is 9.10. The maximum absolute atomic E-state index is 12.2.